The van der Waals surface area contributed by atoms with Crippen molar-refractivity contribution in [1.82, 2.24) is 10.6 Å². The lowest BCUT2D eigenvalue weighted by atomic mass is 10.1. The van der Waals surface area contributed by atoms with Gasteiger partial charge in [-0.3, -0.25) is 14.4 Å². The van der Waals surface area contributed by atoms with E-state index in [1.807, 2.05) is 0 Å². The Morgan fingerprint density at radius 1 is 0.848 bits per heavy atom. The van der Waals surface area contributed by atoms with Gasteiger partial charge in [0.1, 0.15) is 6.04 Å². The Morgan fingerprint density at radius 3 is 2.03 bits per heavy atom. The van der Waals surface area contributed by atoms with E-state index in [0.717, 1.165) is 38.5 Å². The molecule has 0 heterocycles. The van der Waals surface area contributed by atoms with Crippen molar-refractivity contribution in [3.8, 4) is 0 Å². The third kappa shape index (κ3) is 26.3. The summed E-state index contributed by atoms with van der Waals surface area (Å²) in [7, 11) is 0. The number of hydrogen-bond acceptors (Lipinski definition) is 8. The summed E-state index contributed by atoms with van der Waals surface area (Å²) in [6.45, 7) is 6.53. The zero-order chi connectivity index (χ0) is 25.0. The normalized spacial score (nSPS) is 11.2. The van der Waals surface area contributed by atoms with E-state index in [9.17, 15) is 9.59 Å². The van der Waals surface area contributed by atoms with Crippen LogP contribution in [0.25, 0.3) is 0 Å². The fourth-order valence-electron chi connectivity index (χ4n) is 2.74. The van der Waals surface area contributed by atoms with Crippen LogP contribution in [0.15, 0.2) is 0 Å². The Hall–Kier alpha value is -1.79. The van der Waals surface area contributed by atoms with Crippen LogP contribution < -0.4 is 27.8 Å². The second-order valence-electron chi connectivity index (χ2n) is 7.27. The van der Waals surface area contributed by atoms with E-state index in [4.69, 9.17) is 30.5 Å². The second kappa shape index (κ2) is 28.2. The SMILES string of the molecule is CCCCCC(NC(=O)CCCCCN)C(=O)NCCOCCOCCOCCN.NC=O. The molecular weight excluding hydrogens is 430 g/mol. The maximum Gasteiger partial charge on any atom is 0.242 e. The van der Waals surface area contributed by atoms with Crippen LogP contribution in [0.4, 0.5) is 0 Å². The first-order valence-corrected chi connectivity index (χ1v) is 11.9. The van der Waals surface area contributed by atoms with Crippen LogP contribution in [0.3, 0.4) is 0 Å². The van der Waals surface area contributed by atoms with Crippen molar-refractivity contribution in [2.24, 2.45) is 17.2 Å². The molecule has 33 heavy (non-hydrogen) atoms. The van der Waals surface area contributed by atoms with Gasteiger partial charge in [0, 0.05) is 19.5 Å². The minimum absolute atomic E-state index is 0.0764. The molecule has 0 saturated heterocycles. The standard InChI is InChI=1S/C21H44N4O5.CH3NO/c1-2-3-5-8-19(25-20(26)9-6-4-7-10-22)21(27)24-12-14-29-16-18-30-17-15-28-13-11-23;2-1-3/h19H,2-18,22-23H2,1H3,(H,24,27)(H,25,26);1H,(H2,2,3). The number of primary amides is 1. The highest BCUT2D eigenvalue weighted by molar-refractivity contribution is 5.87. The number of unbranched alkanes of at least 4 members (excludes halogenated alkanes) is 4. The highest BCUT2D eigenvalue weighted by Crippen LogP contribution is 2.05. The van der Waals surface area contributed by atoms with Crippen LogP contribution in [0.2, 0.25) is 0 Å². The lowest BCUT2D eigenvalue weighted by molar-refractivity contribution is -0.129. The molecule has 0 bridgehead atoms. The van der Waals surface area contributed by atoms with Gasteiger partial charge in [-0.2, -0.15) is 0 Å². The van der Waals surface area contributed by atoms with Crippen molar-refractivity contribution in [3.63, 3.8) is 0 Å². The van der Waals surface area contributed by atoms with Crippen molar-refractivity contribution in [2.75, 3.05) is 59.3 Å². The first-order valence-electron chi connectivity index (χ1n) is 11.9. The molecule has 0 aliphatic heterocycles. The predicted octanol–water partition coefficient (Wildman–Crippen LogP) is -0.203. The summed E-state index contributed by atoms with van der Waals surface area (Å²) in [5, 5.41) is 5.73. The minimum Gasteiger partial charge on any atom is -0.378 e. The van der Waals surface area contributed by atoms with E-state index < -0.39 is 6.04 Å². The number of ether oxygens (including phenoxy) is 3. The molecular formula is C22H47N5O6. The van der Waals surface area contributed by atoms with Gasteiger partial charge in [0.15, 0.2) is 0 Å². The predicted molar refractivity (Wildman–Crippen MR) is 128 cm³/mol. The minimum atomic E-state index is -0.490. The molecule has 0 aliphatic carbocycles. The first kappa shape index (κ1) is 33.4. The highest BCUT2D eigenvalue weighted by atomic mass is 16.5. The molecule has 1 atom stereocenters. The molecule has 0 rings (SSSR count). The van der Waals surface area contributed by atoms with Gasteiger partial charge in [-0.05, 0) is 25.8 Å². The molecule has 196 valence electrons. The third-order valence-corrected chi connectivity index (χ3v) is 4.41. The van der Waals surface area contributed by atoms with Gasteiger partial charge in [-0.15, -0.1) is 0 Å². The molecule has 0 aromatic heterocycles. The monoisotopic (exact) mass is 477 g/mol. The zero-order valence-electron chi connectivity index (χ0n) is 20.4. The topological polar surface area (TPSA) is 181 Å². The molecule has 0 fully saturated rings. The number of carbonyl (C=O) groups is 3. The summed E-state index contributed by atoms with van der Waals surface area (Å²) < 4.78 is 16.0. The number of rotatable bonds is 22. The third-order valence-electron chi connectivity index (χ3n) is 4.41. The molecule has 0 saturated carbocycles. The Morgan fingerprint density at radius 2 is 1.45 bits per heavy atom. The van der Waals surface area contributed by atoms with Crippen molar-refractivity contribution < 1.29 is 28.6 Å². The Bertz CT molecular complexity index is 457. The van der Waals surface area contributed by atoms with Crippen LogP contribution in [-0.2, 0) is 28.6 Å². The van der Waals surface area contributed by atoms with Gasteiger partial charge >= 0.3 is 0 Å². The van der Waals surface area contributed by atoms with E-state index in [0.29, 0.717) is 72.1 Å². The Balaban J connectivity index is 0. The van der Waals surface area contributed by atoms with Crippen LogP contribution in [0.1, 0.15) is 58.3 Å². The van der Waals surface area contributed by atoms with Crippen molar-refractivity contribution in [3.05, 3.63) is 0 Å². The molecule has 1 unspecified atom stereocenters. The number of amides is 3. The van der Waals surface area contributed by atoms with Crippen LogP contribution >= 0.6 is 0 Å². The van der Waals surface area contributed by atoms with E-state index >= 15 is 0 Å². The molecule has 0 aromatic carbocycles. The van der Waals surface area contributed by atoms with Gasteiger partial charge < -0.3 is 42.0 Å². The van der Waals surface area contributed by atoms with Gasteiger partial charge in [-0.1, -0.05) is 32.6 Å². The summed E-state index contributed by atoms with van der Waals surface area (Å²) in [5.74, 6) is -0.231. The van der Waals surface area contributed by atoms with Crippen LogP contribution in [0, 0.1) is 0 Å². The maximum atomic E-state index is 12.5. The number of carbonyl (C=O) groups excluding carboxylic acids is 3. The highest BCUT2D eigenvalue weighted by Gasteiger charge is 2.19. The Kier molecular flexibility index (Phi) is 28.6. The summed E-state index contributed by atoms with van der Waals surface area (Å²) in [6, 6.07) is -0.490. The van der Waals surface area contributed by atoms with E-state index in [-0.39, 0.29) is 18.2 Å². The van der Waals surface area contributed by atoms with E-state index in [1.165, 1.54) is 0 Å². The zero-order valence-corrected chi connectivity index (χ0v) is 20.4. The quantitative estimate of drug-likeness (QED) is 0.105. The van der Waals surface area contributed by atoms with Gasteiger partial charge in [0.05, 0.1) is 39.6 Å². The van der Waals surface area contributed by atoms with Crippen molar-refractivity contribution in [1.29, 1.82) is 0 Å². The fraction of sp³-hybridized carbons (Fsp3) is 0.864. The molecule has 0 spiro atoms. The summed E-state index contributed by atoms with van der Waals surface area (Å²) in [4.78, 5) is 33.2. The largest absolute Gasteiger partial charge is 0.378 e. The van der Waals surface area contributed by atoms with Crippen LogP contribution in [-0.4, -0.2) is 83.5 Å². The fourth-order valence-corrected chi connectivity index (χ4v) is 2.74. The van der Waals surface area contributed by atoms with Gasteiger partial charge in [-0.25, -0.2) is 0 Å². The Labute approximate surface area is 198 Å². The number of hydrogen-bond donors (Lipinski definition) is 5. The molecule has 11 nitrogen and oxygen atoms in total. The molecule has 8 N–H and O–H groups in total. The molecule has 0 aliphatic rings. The van der Waals surface area contributed by atoms with E-state index in [1.54, 1.807) is 0 Å². The van der Waals surface area contributed by atoms with Crippen LogP contribution in [0.5, 0.6) is 0 Å². The van der Waals surface area contributed by atoms with E-state index in [2.05, 4.69) is 23.3 Å². The molecule has 3 amide bonds. The summed E-state index contributed by atoms with van der Waals surface area (Å²) in [5.41, 5.74) is 15.0. The number of nitrogens with one attached hydrogen (secondary N) is 2. The molecule has 0 aromatic rings. The van der Waals surface area contributed by atoms with Gasteiger partial charge in [0.25, 0.3) is 0 Å². The van der Waals surface area contributed by atoms with Crippen molar-refractivity contribution in [2.45, 2.75) is 64.3 Å². The molecule has 11 heteroatoms. The second-order valence-corrected chi connectivity index (χ2v) is 7.27. The maximum absolute atomic E-state index is 12.5. The smallest absolute Gasteiger partial charge is 0.242 e. The lowest BCUT2D eigenvalue weighted by Gasteiger charge is -2.18. The number of nitrogens with two attached hydrogens (primary N) is 3. The van der Waals surface area contributed by atoms with Gasteiger partial charge in [0.2, 0.25) is 18.2 Å². The summed E-state index contributed by atoms with van der Waals surface area (Å²) >= 11 is 0. The average molecular weight is 478 g/mol. The first-order chi connectivity index (χ1) is 16.1. The lowest BCUT2D eigenvalue weighted by Crippen LogP contribution is -2.47. The molecule has 0 radical (unpaired) electrons. The average Bonchev–Trinajstić information content (AvgIpc) is 2.80. The van der Waals surface area contributed by atoms with Crippen molar-refractivity contribution >= 4 is 18.2 Å². The summed E-state index contributed by atoms with van der Waals surface area (Å²) in [6.07, 6.45) is 6.98.